The van der Waals surface area contributed by atoms with Crippen molar-refractivity contribution in [2.45, 2.75) is 112 Å². The highest BCUT2D eigenvalue weighted by Gasteiger charge is 2.28. The van der Waals surface area contributed by atoms with Crippen LogP contribution in [0.3, 0.4) is 0 Å². The van der Waals surface area contributed by atoms with Crippen LogP contribution in [0.1, 0.15) is 113 Å². The van der Waals surface area contributed by atoms with Crippen molar-refractivity contribution in [2.24, 2.45) is 5.41 Å². The van der Waals surface area contributed by atoms with E-state index in [1.165, 1.54) is 28.0 Å². The Morgan fingerprint density at radius 1 is 0.394 bits per heavy atom. The van der Waals surface area contributed by atoms with Crippen LogP contribution in [0.15, 0.2) is 161 Å². The molecule has 2 heterocycles. The highest BCUT2D eigenvalue weighted by Crippen LogP contribution is 2.52. The molecule has 2 aliphatic rings. The Labute approximate surface area is 392 Å². The van der Waals surface area contributed by atoms with E-state index in [1.807, 2.05) is 0 Å². The van der Waals surface area contributed by atoms with Crippen LogP contribution >= 0.6 is 0 Å². The van der Waals surface area contributed by atoms with Gasteiger partial charge in [-0.1, -0.05) is 143 Å². The van der Waals surface area contributed by atoms with Crippen LogP contribution in [0.25, 0.3) is 43.8 Å². The van der Waals surface area contributed by atoms with E-state index < -0.39 is 0 Å². The van der Waals surface area contributed by atoms with Gasteiger partial charge in [0.1, 0.15) is 22.7 Å². The maximum absolute atomic E-state index is 6.96. The van der Waals surface area contributed by atoms with Crippen LogP contribution < -0.4 is 14.5 Å². The molecule has 0 amide bonds. The first-order chi connectivity index (χ1) is 31.2. The number of allylic oxidation sites excluding steroid dienone is 4. The van der Waals surface area contributed by atoms with Gasteiger partial charge in [0.2, 0.25) is 0 Å². The summed E-state index contributed by atoms with van der Waals surface area (Å²) in [5.74, 6) is 1.68. The van der Waals surface area contributed by atoms with Crippen LogP contribution in [0.4, 0.5) is 28.4 Å². The number of anilines is 5. The normalized spacial score (nSPS) is 14.2. The minimum atomic E-state index is 0.0555. The van der Waals surface area contributed by atoms with Crippen molar-refractivity contribution in [3.05, 3.63) is 174 Å². The van der Waals surface area contributed by atoms with E-state index in [9.17, 15) is 0 Å². The molecule has 8 aromatic rings. The van der Waals surface area contributed by atoms with Crippen LogP contribution in [0.2, 0.25) is 0 Å². The van der Waals surface area contributed by atoms with Crippen molar-refractivity contribution in [3.63, 3.8) is 0 Å². The van der Waals surface area contributed by atoms with Gasteiger partial charge in [0.25, 0.3) is 0 Å². The Morgan fingerprint density at radius 3 is 1.45 bits per heavy atom. The SMILES string of the molecule is CC(C)(C)C1=CC=C(N(c2ccc(C(C)(C)C)cc2)c2ccc3c(c2)oc2cc4c5c(cccc5c23)Oc2cc(N(c3ccc(C(C)(C)C)cc3)c3ccc(C(C)(C)C)cc3)ccc2-4)CC1. The second-order valence-corrected chi connectivity index (χ2v) is 22.7. The molecule has 1 aliphatic carbocycles. The predicted molar refractivity (Wildman–Crippen MR) is 281 cm³/mol. The Balaban J connectivity index is 1.08. The Kier molecular flexibility index (Phi) is 10.2. The number of ether oxygens (including phenoxy) is 1. The number of fused-ring (bicyclic) bond motifs is 6. The first-order valence-corrected chi connectivity index (χ1v) is 23.8. The zero-order chi connectivity index (χ0) is 46.5. The molecular weight excluding hydrogens is 805 g/mol. The van der Waals surface area contributed by atoms with Gasteiger partial charge in [-0.2, -0.15) is 0 Å². The summed E-state index contributed by atoms with van der Waals surface area (Å²) >= 11 is 0. The molecule has 4 heteroatoms. The third kappa shape index (κ3) is 7.78. The largest absolute Gasteiger partial charge is 0.456 e. The second kappa shape index (κ2) is 15.5. The average Bonchev–Trinajstić information content (AvgIpc) is 3.64. The minimum absolute atomic E-state index is 0.0555. The lowest BCUT2D eigenvalue weighted by Gasteiger charge is -2.32. The molecule has 0 spiro atoms. The molecule has 0 saturated heterocycles. The Bertz CT molecular complexity index is 3170. The van der Waals surface area contributed by atoms with E-state index in [2.05, 4.69) is 238 Å². The van der Waals surface area contributed by atoms with Crippen molar-refractivity contribution >= 4 is 61.1 Å². The molecule has 0 saturated carbocycles. The van der Waals surface area contributed by atoms with E-state index in [1.54, 1.807) is 0 Å². The van der Waals surface area contributed by atoms with E-state index in [4.69, 9.17) is 9.15 Å². The quantitative estimate of drug-likeness (QED) is 0.166. The number of furan rings is 1. The summed E-state index contributed by atoms with van der Waals surface area (Å²) in [6.07, 6.45) is 6.67. The Morgan fingerprint density at radius 2 is 0.924 bits per heavy atom. The van der Waals surface area contributed by atoms with Gasteiger partial charge in [-0.15, -0.1) is 0 Å². The highest BCUT2D eigenvalue weighted by molar-refractivity contribution is 6.24. The summed E-state index contributed by atoms with van der Waals surface area (Å²) in [5.41, 5.74) is 16.4. The molecule has 0 N–H and O–H groups in total. The van der Waals surface area contributed by atoms with Crippen molar-refractivity contribution < 1.29 is 9.15 Å². The number of hydrogen-bond acceptors (Lipinski definition) is 4. The molecule has 66 heavy (non-hydrogen) atoms. The summed E-state index contributed by atoms with van der Waals surface area (Å²) in [7, 11) is 0. The monoisotopic (exact) mass is 868 g/mol. The number of rotatable bonds is 6. The van der Waals surface area contributed by atoms with E-state index in [-0.39, 0.29) is 21.7 Å². The molecule has 4 nitrogen and oxygen atoms in total. The number of benzene rings is 7. The molecule has 1 aromatic heterocycles. The first kappa shape index (κ1) is 43.4. The molecule has 334 valence electrons. The maximum atomic E-state index is 6.96. The summed E-state index contributed by atoms with van der Waals surface area (Å²) in [6.45, 7) is 27.3. The predicted octanol–water partition coefficient (Wildman–Crippen LogP) is 18.7. The van der Waals surface area contributed by atoms with Crippen LogP contribution in [0, 0.1) is 5.41 Å². The molecule has 10 rings (SSSR count). The summed E-state index contributed by atoms with van der Waals surface area (Å²) in [6, 6.07) is 49.2. The molecule has 0 bridgehead atoms. The standard InChI is InChI=1S/C62H64N2O2/c1-59(2,3)39-16-24-43(25-17-39)63(44-26-18-40(19-27-44)60(4,5)6)47-32-34-49-52-38-56-57(51-14-13-15-53(58(51)52)65-54(49)36-47)50-35-33-48(37-55(50)66-56)64(45-28-20-41(21-29-45)61(7,8)9)46-30-22-42(23-31-46)62(10,11)12/h13-22,24-30,32-38H,23,31H2,1-12H3. The van der Waals surface area contributed by atoms with Gasteiger partial charge >= 0.3 is 0 Å². The molecule has 0 radical (unpaired) electrons. The van der Waals surface area contributed by atoms with Gasteiger partial charge < -0.3 is 19.0 Å². The zero-order valence-corrected chi connectivity index (χ0v) is 41.0. The van der Waals surface area contributed by atoms with Crippen molar-refractivity contribution in [1.82, 2.24) is 0 Å². The van der Waals surface area contributed by atoms with Gasteiger partial charge in [0.15, 0.2) is 0 Å². The van der Waals surface area contributed by atoms with Gasteiger partial charge in [0, 0.05) is 73.6 Å². The fourth-order valence-corrected chi connectivity index (χ4v) is 9.91. The molecule has 7 aromatic carbocycles. The van der Waals surface area contributed by atoms with Crippen LogP contribution in [-0.4, -0.2) is 0 Å². The summed E-state index contributed by atoms with van der Waals surface area (Å²) < 4.78 is 13.9. The third-order valence-corrected chi connectivity index (χ3v) is 13.9. The number of nitrogens with zero attached hydrogens (tertiary/aromatic N) is 2. The lowest BCUT2D eigenvalue weighted by Crippen LogP contribution is -2.20. The van der Waals surface area contributed by atoms with Crippen LogP contribution in [0.5, 0.6) is 11.5 Å². The fourth-order valence-electron chi connectivity index (χ4n) is 9.91. The lowest BCUT2D eigenvalue weighted by molar-refractivity contribution is 0.479. The van der Waals surface area contributed by atoms with Crippen molar-refractivity contribution in [1.29, 1.82) is 0 Å². The lowest BCUT2D eigenvalue weighted by atomic mass is 9.81. The molecule has 0 fully saturated rings. The van der Waals surface area contributed by atoms with Gasteiger partial charge in [-0.3, -0.25) is 0 Å². The van der Waals surface area contributed by atoms with E-state index >= 15 is 0 Å². The fraction of sp³-hybridized carbons (Fsp3) is 0.290. The molecule has 0 unspecified atom stereocenters. The minimum Gasteiger partial charge on any atom is -0.456 e. The second-order valence-electron chi connectivity index (χ2n) is 22.7. The molecular formula is C62H64N2O2. The molecule has 1 aliphatic heterocycles. The van der Waals surface area contributed by atoms with Crippen molar-refractivity contribution in [2.75, 3.05) is 9.80 Å². The van der Waals surface area contributed by atoms with Crippen molar-refractivity contribution in [3.8, 4) is 22.6 Å². The smallest absolute Gasteiger partial charge is 0.137 e. The molecule has 0 atom stereocenters. The van der Waals surface area contributed by atoms with Gasteiger partial charge in [0.05, 0.1) is 0 Å². The van der Waals surface area contributed by atoms with Gasteiger partial charge in [-0.05, 0) is 135 Å². The highest BCUT2D eigenvalue weighted by atomic mass is 16.5. The van der Waals surface area contributed by atoms with Crippen LogP contribution in [-0.2, 0) is 16.2 Å². The zero-order valence-electron chi connectivity index (χ0n) is 41.0. The summed E-state index contributed by atoms with van der Waals surface area (Å²) in [4.78, 5) is 4.76. The summed E-state index contributed by atoms with van der Waals surface area (Å²) in [5, 5.41) is 4.45. The number of hydrogen-bond donors (Lipinski definition) is 0. The van der Waals surface area contributed by atoms with E-state index in [0.717, 1.165) is 96.6 Å². The average molecular weight is 869 g/mol. The topological polar surface area (TPSA) is 28.9 Å². The van der Waals surface area contributed by atoms with Gasteiger partial charge in [-0.25, -0.2) is 0 Å². The maximum Gasteiger partial charge on any atom is 0.137 e. The van der Waals surface area contributed by atoms with E-state index in [0.29, 0.717) is 0 Å². The first-order valence-electron chi connectivity index (χ1n) is 23.8. The Hall–Kier alpha value is -6.52. The third-order valence-electron chi connectivity index (χ3n) is 13.9.